The van der Waals surface area contributed by atoms with Crippen LogP contribution in [0.4, 0.5) is 0 Å². The maximum atomic E-state index is 12.8. The highest BCUT2D eigenvalue weighted by atomic mass is 79.9. The van der Waals surface area contributed by atoms with E-state index in [1.807, 2.05) is 12.1 Å². The molecule has 0 aliphatic heterocycles. The van der Waals surface area contributed by atoms with E-state index in [-0.39, 0.29) is 21.4 Å². The van der Waals surface area contributed by atoms with Crippen molar-refractivity contribution in [3.63, 3.8) is 0 Å². The third-order valence-corrected chi connectivity index (χ3v) is 4.76. The van der Waals surface area contributed by atoms with Crippen LogP contribution in [0.2, 0.25) is 0 Å². The quantitative estimate of drug-likeness (QED) is 0.513. The van der Waals surface area contributed by atoms with E-state index in [9.17, 15) is 9.90 Å². The second-order valence-electron chi connectivity index (χ2n) is 8.88. The average Bonchev–Trinajstić information content (AvgIpc) is 2.34. The van der Waals surface area contributed by atoms with Crippen molar-refractivity contribution in [1.29, 1.82) is 0 Å². The highest BCUT2D eigenvalue weighted by molar-refractivity contribution is 9.10. The fraction of sp³-hybridized carbons (Fsp3) is 0.650. The molecule has 0 aliphatic carbocycles. The molecular formula is C20H31BrO2. The number of hydrogen-bond donors (Lipinski definition) is 1. The van der Waals surface area contributed by atoms with Crippen molar-refractivity contribution in [1.82, 2.24) is 0 Å². The summed E-state index contributed by atoms with van der Waals surface area (Å²) in [6.07, 6.45) is 0.801. The summed E-state index contributed by atoms with van der Waals surface area (Å²) in [6, 6.07) is 3.73. The maximum absolute atomic E-state index is 12.8. The van der Waals surface area contributed by atoms with E-state index in [2.05, 4.69) is 71.3 Å². The van der Waals surface area contributed by atoms with Gasteiger partial charge in [-0.05, 0) is 35.3 Å². The molecule has 0 heterocycles. The minimum atomic E-state index is -0.222. The predicted octanol–water partition coefficient (Wildman–Crippen LogP) is 5.98. The predicted molar refractivity (Wildman–Crippen MR) is 102 cm³/mol. The first-order valence-electron chi connectivity index (χ1n) is 8.31. The summed E-state index contributed by atoms with van der Waals surface area (Å²) >= 11 is 3.54. The largest absolute Gasteiger partial charge is 0.507 e. The van der Waals surface area contributed by atoms with Crippen molar-refractivity contribution in [2.75, 3.05) is 0 Å². The van der Waals surface area contributed by atoms with Crippen LogP contribution in [0.25, 0.3) is 0 Å². The van der Waals surface area contributed by atoms with E-state index in [0.29, 0.717) is 17.2 Å². The molecule has 1 rings (SSSR count). The van der Waals surface area contributed by atoms with Crippen molar-refractivity contribution in [3.05, 3.63) is 28.8 Å². The highest BCUT2D eigenvalue weighted by Crippen LogP contribution is 2.40. The topological polar surface area (TPSA) is 37.3 Å². The van der Waals surface area contributed by atoms with E-state index in [1.165, 1.54) is 0 Å². The number of aromatic hydroxyl groups is 1. The van der Waals surface area contributed by atoms with Gasteiger partial charge in [0, 0.05) is 16.7 Å². The Morgan fingerprint density at radius 3 is 1.74 bits per heavy atom. The van der Waals surface area contributed by atoms with Crippen LogP contribution >= 0.6 is 15.9 Å². The summed E-state index contributed by atoms with van der Waals surface area (Å²) in [6.45, 7) is 16.6. The molecule has 1 aromatic carbocycles. The number of carbonyl (C=O) groups excluding carboxylic acids is 1. The summed E-state index contributed by atoms with van der Waals surface area (Å²) in [5.74, 6) is 0.857. The molecule has 0 fully saturated rings. The van der Waals surface area contributed by atoms with Gasteiger partial charge < -0.3 is 5.11 Å². The second kappa shape index (κ2) is 6.96. The maximum Gasteiger partial charge on any atom is 0.176 e. The summed E-state index contributed by atoms with van der Waals surface area (Å²) < 4.78 is 0. The zero-order chi connectivity index (χ0) is 18.2. The molecule has 0 aliphatic rings. The van der Waals surface area contributed by atoms with Gasteiger partial charge >= 0.3 is 0 Å². The number of carbonyl (C=O) groups is 1. The van der Waals surface area contributed by atoms with Crippen LogP contribution < -0.4 is 0 Å². The van der Waals surface area contributed by atoms with Crippen LogP contribution in [-0.2, 0) is 10.8 Å². The monoisotopic (exact) mass is 382 g/mol. The van der Waals surface area contributed by atoms with Crippen LogP contribution in [-0.4, -0.2) is 15.7 Å². The van der Waals surface area contributed by atoms with Crippen molar-refractivity contribution >= 4 is 21.7 Å². The first-order valence-corrected chi connectivity index (χ1v) is 9.23. The zero-order valence-corrected chi connectivity index (χ0v) is 17.3. The van der Waals surface area contributed by atoms with Gasteiger partial charge in [-0.15, -0.1) is 0 Å². The molecule has 0 bridgehead atoms. The van der Waals surface area contributed by atoms with Crippen molar-refractivity contribution in [2.24, 2.45) is 5.92 Å². The second-order valence-corrected chi connectivity index (χ2v) is 9.99. The van der Waals surface area contributed by atoms with Crippen LogP contribution in [0.5, 0.6) is 5.75 Å². The van der Waals surface area contributed by atoms with Gasteiger partial charge in [-0.25, -0.2) is 0 Å². The number of alkyl halides is 1. The Kier molecular flexibility index (Phi) is 6.12. The Bertz CT molecular complexity index is 539. The third kappa shape index (κ3) is 5.07. The molecule has 0 radical (unpaired) electrons. The van der Waals surface area contributed by atoms with E-state index < -0.39 is 0 Å². The molecule has 1 atom stereocenters. The van der Waals surface area contributed by atoms with Gasteiger partial charge in [0.05, 0.1) is 4.83 Å². The van der Waals surface area contributed by atoms with Crippen LogP contribution in [0, 0.1) is 5.92 Å². The molecule has 1 unspecified atom stereocenters. The summed E-state index contributed by atoms with van der Waals surface area (Å²) in [5, 5.41) is 10.7. The summed E-state index contributed by atoms with van der Waals surface area (Å²) in [5.41, 5.74) is 1.90. The Morgan fingerprint density at radius 2 is 1.43 bits per heavy atom. The average molecular weight is 383 g/mol. The molecule has 0 saturated heterocycles. The normalized spacial score (nSPS) is 14.2. The molecule has 0 amide bonds. The Balaban J connectivity index is 3.48. The number of ketones is 1. The van der Waals surface area contributed by atoms with E-state index >= 15 is 0 Å². The number of phenolic OH excluding ortho intramolecular Hbond substituents is 1. The number of halogens is 1. The number of Topliss-reactive ketones (excluding diaryl/α,β-unsaturated/α-hetero) is 1. The summed E-state index contributed by atoms with van der Waals surface area (Å²) in [7, 11) is 0. The molecule has 130 valence electrons. The minimum Gasteiger partial charge on any atom is -0.507 e. The zero-order valence-electron chi connectivity index (χ0n) is 15.7. The van der Waals surface area contributed by atoms with Gasteiger partial charge in [0.1, 0.15) is 5.75 Å². The molecule has 1 aromatic rings. The van der Waals surface area contributed by atoms with Gasteiger partial charge in [-0.1, -0.05) is 71.3 Å². The lowest BCUT2D eigenvalue weighted by atomic mass is 9.78. The van der Waals surface area contributed by atoms with Crippen LogP contribution in [0.3, 0.4) is 0 Å². The smallest absolute Gasteiger partial charge is 0.176 e. The SMILES string of the molecule is CC(C)CC(Br)C(=O)c1cc(C(C)(C)C)c(O)c(C(C)(C)C)c1. The Hall–Kier alpha value is -0.830. The number of benzene rings is 1. The van der Waals surface area contributed by atoms with Gasteiger partial charge in [-0.3, -0.25) is 4.79 Å². The third-order valence-electron chi connectivity index (χ3n) is 3.97. The van der Waals surface area contributed by atoms with Crippen LogP contribution in [0.15, 0.2) is 12.1 Å². The molecular weight excluding hydrogens is 352 g/mol. The standard InChI is InChI=1S/C20H31BrO2/c1-12(2)9-16(21)17(22)13-10-14(19(3,4)5)18(23)15(11-13)20(6,7)8/h10-12,16,23H,9H2,1-8H3. The first-order chi connectivity index (χ1) is 10.2. The lowest BCUT2D eigenvalue weighted by Crippen LogP contribution is -2.22. The van der Waals surface area contributed by atoms with Crippen molar-refractivity contribution in [3.8, 4) is 5.75 Å². The Labute approximate surface area is 149 Å². The highest BCUT2D eigenvalue weighted by Gasteiger charge is 2.29. The molecule has 3 heteroatoms. The fourth-order valence-electron chi connectivity index (χ4n) is 2.62. The van der Waals surface area contributed by atoms with Gasteiger partial charge in [-0.2, -0.15) is 0 Å². The molecule has 0 spiro atoms. The van der Waals surface area contributed by atoms with Crippen LogP contribution in [0.1, 0.15) is 83.3 Å². The number of hydrogen-bond acceptors (Lipinski definition) is 2. The van der Waals surface area contributed by atoms with Gasteiger partial charge in [0.25, 0.3) is 0 Å². The van der Waals surface area contributed by atoms with E-state index in [0.717, 1.165) is 17.5 Å². The van der Waals surface area contributed by atoms with Gasteiger partial charge in [0.15, 0.2) is 5.78 Å². The summed E-state index contributed by atoms with van der Waals surface area (Å²) in [4.78, 5) is 12.6. The molecule has 0 saturated carbocycles. The molecule has 23 heavy (non-hydrogen) atoms. The fourth-order valence-corrected chi connectivity index (χ4v) is 3.63. The Morgan fingerprint density at radius 1 is 1.04 bits per heavy atom. The number of rotatable bonds is 4. The lowest BCUT2D eigenvalue weighted by molar-refractivity contribution is 0.0984. The minimum absolute atomic E-state index is 0.0923. The number of phenols is 1. The van der Waals surface area contributed by atoms with E-state index in [4.69, 9.17) is 0 Å². The molecule has 2 nitrogen and oxygen atoms in total. The van der Waals surface area contributed by atoms with Gasteiger partial charge in [0.2, 0.25) is 0 Å². The van der Waals surface area contributed by atoms with Crippen molar-refractivity contribution < 1.29 is 9.90 Å². The molecule has 0 aromatic heterocycles. The molecule has 1 N–H and O–H groups in total. The van der Waals surface area contributed by atoms with E-state index in [1.54, 1.807) is 0 Å². The lowest BCUT2D eigenvalue weighted by Gasteiger charge is -2.28. The van der Waals surface area contributed by atoms with Crippen molar-refractivity contribution in [2.45, 2.75) is 77.5 Å². The first kappa shape index (κ1) is 20.2.